The molecular formula is C38H65N7O21. The van der Waals surface area contributed by atoms with Gasteiger partial charge in [-0.25, -0.2) is 0 Å². The van der Waals surface area contributed by atoms with Gasteiger partial charge in [-0.2, -0.15) is 0 Å². The van der Waals surface area contributed by atoms with Gasteiger partial charge in [-0.1, -0.05) is 0 Å². The maximum Gasteiger partial charge on any atom is 0.325 e. The molecule has 16 N–H and O–H groups in total. The van der Waals surface area contributed by atoms with Crippen LogP contribution >= 0.6 is 0 Å². The number of unbranched alkanes of at least 4 members (excludes halogenated alkanes) is 2. The Hall–Kier alpha value is -4.72. The lowest BCUT2D eigenvalue weighted by atomic mass is 9.99. The summed E-state index contributed by atoms with van der Waals surface area (Å²) >= 11 is 0. The van der Waals surface area contributed by atoms with E-state index in [1.807, 2.05) is 0 Å². The van der Waals surface area contributed by atoms with Crippen LogP contribution in [0.15, 0.2) is 0 Å². The molecule has 378 valence electrons. The van der Waals surface area contributed by atoms with Gasteiger partial charge in [-0.3, -0.25) is 38.4 Å². The topological polar surface area (TPSA) is 440 Å². The minimum absolute atomic E-state index is 0.0285. The molecule has 66 heavy (non-hydrogen) atoms. The molecule has 7 amide bonds. The van der Waals surface area contributed by atoms with Crippen LogP contribution in [-0.2, 0) is 57.3 Å². The van der Waals surface area contributed by atoms with Gasteiger partial charge in [0.15, 0.2) is 12.6 Å². The van der Waals surface area contributed by atoms with Crippen LogP contribution in [0, 0.1) is 0 Å². The molecule has 0 unspecified atom stereocenters. The van der Waals surface area contributed by atoms with Gasteiger partial charge < -0.3 is 102 Å². The fourth-order valence-electron chi connectivity index (χ4n) is 6.35. The predicted octanol–water partition coefficient (Wildman–Crippen LogP) is -8.61. The van der Waals surface area contributed by atoms with Gasteiger partial charge in [0.25, 0.3) is 0 Å². The van der Waals surface area contributed by atoms with Gasteiger partial charge in [0.1, 0.15) is 86.2 Å². The average molecular weight is 956 g/mol. The summed E-state index contributed by atoms with van der Waals surface area (Å²) in [5.74, 6) is -6.56. The Kier molecular flexibility index (Phi) is 25.3. The minimum Gasteiger partial charge on any atom is -0.480 e. The number of hydrogen-bond donors (Lipinski definition) is 16. The van der Waals surface area contributed by atoms with Crippen molar-refractivity contribution < 1.29 is 103 Å². The number of carbonyl (C=O) groups excluding carboxylic acids is 7. The van der Waals surface area contributed by atoms with Crippen LogP contribution in [0.3, 0.4) is 0 Å². The number of ether oxygens (including phenoxy) is 4. The summed E-state index contributed by atoms with van der Waals surface area (Å²) in [6, 6.07) is -4.98. The highest BCUT2D eigenvalue weighted by Crippen LogP contribution is 2.23. The van der Waals surface area contributed by atoms with Gasteiger partial charge in [0.2, 0.25) is 41.4 Å². The van der Waals surface area contributed by atoms with E-state index in [9.17, 15) is 84.3 Å². The van der Waals surface area contributed by atoms with Crippen molar-refractivity contribution in [2.75, 3.05) is 46.1 Å². The second-order valence-electron chi connectivity index (χ2n) is 15.6. The molecule has 0 aromatic carbocycles. The Morgan fingerprint density at radius 2 is 0.985 bits per heavy atom. The molecule has 2 aliphatic rings. The van der Waals surface area contributed by atoms with Crippen molar-refractivity contribution in [3.05, 3.63) is 0 Å². The first-order valence-electron chi connectivity index (χ1n) is 21.2. The molecule has 0 bridgehead atoms. The molecule has 28 heteroatoms. The lowest BCUT2D eigenvalue weighted by Crippen LogP contribution is -2.59. The van der Waals surface area contributed by atoms with Gasteiger partial charge >= 0.3 is 5.97 Å². The number of carboxylic acid groups (broad SMARTS) is 1. The standard InChI is InChI=1S/C38H65N7O21/c1-17(42-19(3)48)33(58)45-20(8-4-6-10-39-25(50)15-63-37-31(56)29(54)27(52)22(13-46)65-37)34(59)41-12-24(49)44-21(35(60)43-18(2)36(61)62)9-5-7-11-40-26(51)16-64-38-32(57)30(55)28(53)23(14-47)66-38/h17-18,20-23,27-32,37-38,46-47,52-57H,4-16H2,1-3H3,(H,39,50)(H,40,51)(H,41,59)(H,42,48)(H,43,60)(H,44,49)(H,45,58)(H,61,62)/t17-,18-,20-,21-,22+,23+,27+,28+,29-,30-,31-,32-,37-,38-/m0/s1. The summed E-state index contributed by atoms with van der Waals surface area (Å²) in [6.07, 6.45) is -14.8. The first kappa shape index (κ1) is 57.4. The maximum atomic E-state index is 13.3. The third-order valence-electron chi connectivity index (χ3n) is 10.2. The molecule has 0 saturated carbocycles. The zero-order chi connectivity index (χ0) is 49.7. The van der Waals surface area contributed by atoms with E-state index in [-0.39, 0.29) is 51.6 Å². The number of amides is 7. The molecule has 2 aliphatic heterocycles. The number of aliphatic hydroxyl groups is 8. The Morgan fingerprint density at radius 1 is 0.530 bits per heavy atom. The maximum absolute atomic E-state index is 13.3. The first-order valence-corrected chi connectivity index (χ1v) is 21.2. The van der Waals surface area contributed by atoms with Gasteiger partial charge in [0, 0.05) is 20.0 Å². The summed E-state index contributed by atoms with van der Waals surface area (Å²) in [5.41, 5.74) is 0. The monoisotopic (exact) mass is 955 g/mol. The summed E-state index contributed by atoms with van der Waals surface area (Å²) in [6.45, 7) is 0.430. The fourth-order valence-corrected chi connectivity index (χ4v) is 6.35. The Morgan fingerprint density at radius 3 is 1.41 bits per heavy atom. The molecule has 2 heterocycles. The minimum atomic E-state index is -1.72. The molecular weight excluding hydrogens is 890 g/mol. The largest absolute Gasteiger partial charge is 0.480 e. The highest BCUT2D eigenvalue weighted by atomic mass is 16.7. The van der Waals surface area contributed by atoms with Crippen LogP contribution in [0.2, 0.25) is 0 Å². The van der Waals surface area contributed by atoms with E-state index >= 15 is 0 Å². The Balaban J connectivity index is 1.92. The third-order valence-corrected chi connectivity index (χ3v) is 10.2. The predicted molar refractivity (Wildman–Crippen MR) is 219 cm³/mol. The number of carboxylic acids is 1. The molecule has 2 rings (SSSR count). The highest BCUT2D eigenvalue weighted by molar-refractivity contribution is 5.94. The van der Waals surface area contributed by atoms with Gasteiger partial charge in [-0.15, -0.1) is 0 Å². The molecule has 0 aliphatic carbocycles. The number of carbonyl (C=O) groups is 8. The quantitative estimate of drug-likeness (QED) is 0.0324. The molecule has 0 spiro atoms. The van der Waals surface area contributed by atoms with Crippen LogP contribution in [0.25, 0.3) is 0 Å². The average Bonchev–Trinajstić information content (AvgIpc) is 3.27. The van der Waals surface area contributed by atoms with Crippen molar-refractivity contribution in [3.63, 3.8) is 0 Å². The zero-order valence-electron chi connectivity index (χ0n) is 36.7. The van der Waals surface area contributed by atoms with Crippen LogP contribution in [0.4, 0.5) is 0 Å². The normalized spacial score (nSPS) is 26.9. The number of aliphatic carboxylic acids is 1. The van der Waals surface area contributed by atoms with E-state index in [0.717, 1.165) is 0 Å². The van der Waals surface area contributed by atoms with Crippen LogP contribution in [-0.4, -0.2) is 225 Å². The summed E-state index contributed by atoms with van der Waals surface area (Å²) < 4.78 is 20.7. The number of hydrogen-bond acceptors (Lipinski definition) is 20. The second-order valence-corrected chi connectivity index (χ2v) is 15.6. The number of nitrogens with one attached hydrogen (secondary N) is 7. The van der Waals surface area contributed by atoms with E-state index < -0.39 is 166 Å². The summed E-state index contributed by atoms with van der Waals surface area (Å²) in [5, 5.41) is 104. The van der Waals surface area contributed by atoms with Gasteiger partial charge in [0.05, 0.1) is 19.8 Å². The van der Waals surface area contributed by atoms with Crippen LogP contribution in [0.1, 0.15) is 59.3 Å². The van der Waals surface area contributed by atoms with Crippen LogP contribution in [0.5, 0.6) is 0 Å². The Labute approximate surface area is 378 Å². The molecule has 2 saturated heterocycles. The fraction of sp³-hybridized carbons (Fsp3) is 0.789. The first-order chi connectivity index (χ1) is 31.1. The summed E-state index contributed by atoms with van der Waals surface area (Å²) in [7, 11) is 0. The van der Waals surface area contributed by atoms with Crippen molar-refractivity contribution in [2.24, 2.45) is 0 Å². The zero-order valence-corrected chi connectivity index (χ0v) is 36.7. The van der Waals surface area contributed by atoms with E-state index in [1.54, 1.807) is 0 Å². The number of aliphatic hydroxyl groups excluding tert-OH is 8. The SMILES string of the molecule is CC(=O)N[C@@H](C)C(=O)N[C@@H](CCCCNC(=O)CO[C@H]1O[C@H](CO)[C@@H](O)[C@H](O)[C@@H]1O)C(=O)NCC(=O)N[C@@H](CCCCNC(=O)CO[C@H]1O[C@H](CO)[C@@H](O)[C@H](O)[C@@H]1O)C(=O)N[C@@H](C)C(=O)O. The molecule has 0 aromatic rings. The summed E-state index contributed by atoms with van der Waals surface area (Å²) in [4.78, 5) is 99.7. The van der Waals surface area contributed by atoms with Gasteiger partial charge in [-0.05, 0) is 52.4 Å². The van der Waals surface area contributed by atoms with Crippen molar-refractivity contribution in [1.82, 2.24) is 37.2 Å². The van der Waals surface area contributed by atoms with E-state index in [2.05, 4.69) is 37.2 Å². The molecule has 2 fully saturated rings. The Bertz CT molecular complexity index is 1610. The molecule has 0 radical (unpaired) electrons. The smallest absolute Gasteiger partial charge is 0.325 e. The number of rotatable bonds is 28. The molecule has 14 atom stereocenters. The third kappa shape index (κ3) is 19.2. The lowest BCUT2D eigenvalue weighted by Gasteiger charge is -2.39. The van der Waals surface area contributed by atoms with Crippen molar-refractivity contribution in [2.45, 2.75) is 145 Å². The molecule has 28 nitrogen and oxygen atoms in total. The van der Waals surface area contributed by atoms with Crippen LogP contribution < -0.4 is 37.2 Å². The molecule has 0 aromatic heterocycles. The van der Waals surface area contributed by atoms with E-state index in [1.165, 1.54) is 20.8 Å². The van der Waals surface area contributed by atoms with E-state index in [4.69, 9.17) is 18.9 Å². The van der Waals surface area contributed by atoms with E-state index in [0.29, 0.717) is 0 Å². The van der Waals surface area contributed by atoms with Crippen molar-refractivity contribution in [3.8, 4) is 0 Å². The van der Waals surface area contributed by atoms with Crippen molar-refractivity contribution in [1.29, 1.82) is 0 Å². The van der Waals surface area contributed by atoms with Crippen molar-refractivity contribution >= 4 is 47.3 Å². The second kappa shape index (κ2) is 29.1. The highest BCUT2D eigenvalue weighted by Gasteiger charge is 2.45. The lowest BCUT2D eigenvalue weighted by molar-refractivity contribution is -0.299.